The van der Waals surface area contributed by atoms with Gasteiger partial charge in [-0.05, 0) is 24.3 Å². The van der Waals surface area contributed by atoms with E-state index in [1.54, 1.807) is 6.07 Å². The number of allylic oxidation sites excluding steroid dienone is 1. The van der Waals surface area contributed by atoms with Crippen molar-refractivity contribution in [1.29, 1.82) is 5.26 Å². The molecule has 1 heterocycles. The van der Waals surface area contributed by atoms with Gasteiger partial charge in [0.15, 0.2) is 17.3 Å². The molecule has 0 radical (unpaired) electrons. The number of ketones is 1. The van der Waals surface area contributed by atoms with Crippen molar-refractivity contribution in [1.82, 2.24) is 0 Å². The maximum atomic E-state index is 12.2. The number of hydrogen-bond donors (Lipinski definition) is 0. The van der Waals surface area contributed by atoms with E-state index in [1.165, 1.54) is 38.7 Å². The normalized spacial score (nSPS) is 10.8. The smallest absolute Gasteiger partial charge is 0.280 e. The van der Waals surface area contributed by atoms with Gasteiger partial charge in [0.25, 0.3) is 5.69 Å². The van der Waals surface area contributed by atoms with Crippen molar-refractivity contribution in [3.05, 3.63) is 57.5 Å². The van der Waals surface area contributed by atoms with Crippen molar-refractivity contribution in [2.24, 2.45) is 0 Å². The predicted molar refractivity (Wildman–Crippen MR) is 82.8 cm³/mol. The largest absolute Gasteiger partial charge is 0.493 e. The molecule has 2 aromatic rings. The van der Waals surface area contributed by atoms with Gasteiger partial charge >= 0.3 is 0 Å². The highest BCUT2D eigenvalue weighted by Gasteiger charge is 2.21. The van der Waals surface area contributed by atoms with Crippen LogP contribution in [0, 0.1) is 21.4 Å². The molecule has 8 nitrogen and oxygen atoms in total. The van der Waals surface area contributed by atoms with E-state index in [2.05, 4.69) is 0 Å². The Bertz CT molecular complexity index is 846. The highest BCUT2D eigenvalue weighted by molar-refractivity contribution is 6.12. The van der Waals surface area contributed by atoms with E-state index in [-0.39, 0.29) is 34.1 Å². The lowest BCUT2D eigenvalue weighted by molar-refractivity contribution is -0.385. The second-order valence-electron chi connectivity index (χ2n) is 4.50. The Morgan fingerprint density at radius 2 is 2.00 bits per heavy atom. The van der Waals surface area contributed by atoms with Crippen molar-refractivity contribution in [3.63, 3.8) is 0 Å². The Morgan fingerprint density at radius 3 is 2.50 bits per heavy atom. The first kappa shape index (κ1) is 16.8. The molecule has 8 heteroatoms. The maximum Gasteiger partial charge on any atom is 0.280 e. The molecular formula is C16H12N2O6. The number of carbonyl (C=O) groups is 1. The molecule has 0 bridgehead atoms. The van der Waals surface area contributed by atoms with Crippen LogP contribution in [0.4, 0.5) is 5.69 Å². The summed E-state index contributed by atoms with van der Waals surface area (Å²) >= 11 is 0. The van der Waals surface area contributed by atoms with Gasteiger partial charge in [0.1, 0.15) is 11.6 Å². The quantitative estimate of drug-likeness (QED) is 0.263. The Hall–Kier alpha value is -3.60. The van der Waals surface area contributed by atoms with E-state index in [9.17, 15) is 20.2 Å². The number of nitrogens with zero attached hydrogens (tertiary/aromatic N) is 2. The molecule has 0 amide bonds. The zero-order valence-corrected chi connectivity index (χ0v) is 12.8. The van der Waals surface area contributed by atoms with Crippen molar-refractivity contribution in [2.75, 3.05) is 14.2 Å². The number of methoxy groups -OCH3 is 2. The van der Waals surface area contributed by atoms with Crippen LogP contribution in [-0.2, 0) is 0 Å². The Labute approximate surface area is 136 Å². The molecule has 0 N–H and O–H groups in total. The Morgan fingerprint density at radius 1 is 1.33 bits per heavy atom. The van der Waals surface area contributed by atoms with Gasteiger partial charge < -0.3 is 13.9 Å². The number of ether oxygens (including phenoxy) is 2. The lowest BCUT2D eigenvalue weighted by atomic mass is 10.0. The molecule has 0 aliphatic heterocycles. The molecule has 0 aliphatic carbocycles. The fraction of sp³-hybridized carbons (Fsp3) is 0.125. The van der Waals surface area contributed by atoms with Crippen molar-refractivity contribution < 1.29 is 23.6 Å². The minimum atomic E-state index is -0.674. The Kier molecular flexibility index (Phi) is 4.96. The molecule has 2 rings (SSSR count). The molecule has 0 spiro atoms. The van der Waals surface area contributed by atoms with Gasteiger partial charge in [0.2, 0.25) is 5.78 Å². The molecular weight excluding hydrogens is 316 g/mol. The highest BCUT2D eigenvalue weighted by Crippen LogP contribution is 2.35. The first-order valence-electron chi connectivity index (χ1n) is 6.62. The maximum absolute atomic E-state index is 12.2. The van der Waals surface area contributed by atoms with Crippen LogP contribution in [0.2, 0.25) is 0 Å². The van der Waals surface area contributed by atoms with E-state index in [4.69, 9.17) is 13.9 Å². The van der Waals surface area contributed by atoms with Crippen LogP contribution in [0.25, 0.3) is 6.08 Å². The number of rotatable bonds is 6. The average molecular weight is 328 g/mol. The van der Waals surface area contributed by atoms with Gasteiger partial charge in [-0.15, -0.1) is 0 Å². The van der Waals surface area contributed by atoms with Crippen molar-refractivity contribution >= 4 is 17.5 Å². The van der Waals surface area contributed by atoms with E-state index >= 15 is 0 Å². The summed E-state index contributed by atoms with van der Waals surface area (Å²) in [4.78, 5) is 22.8. The summed E-state index contributed by atoms with van der Waals surface area (Å²) in [5, 5.41) is 20.5. The van der Waals surface area contributed by atoms with Gasteiger partial charge in [-0.25, -0.2) is 0 Å². The number of Topliss-reactive ketones (excluding diaryl/α,β-unsaturated/α-hetero) is 1. The molecule has 122 valence electrons. The molecule has 0 atom stereocenters. The van der Waals surface area contributed by atoms with Crippen molar-refractivity contribution in [2.45, 2.75) is 0 Å². The molecule has 1 aromatic carbocycles. The third kappa shape index (κ3) is 3.25. The molecule has 0 saturated carbocycles. The SMILES string of the molecule is COc1cc(/C=C(\C#N)C(=O)c2ccco2)c([N+](=O)[O-])cc1OC. The van der Waals surface area contributed by atoms with Gasteiger partial charge in [0, 0.05) is 0 Å². The highest BCUT2D eigenvalue weighted by atomic mass is 16.6. The van der Waals surface area contributed by atoms with Crippen LogP contribution in [-0.4, -0.2) is 24.9 Å². The number of nitro groups is 1. The first-order valence-corrected chi connectivity index (χ1v) is 6.62. The van der Waals surface area contributed by atoms with Gasteiger partial charge in [-0.2, -0.15) is 5.26 Å². The van der Waals surface area contributed by atoms with Crippen LogP contribution in [0.15, 0.2) is 40.5 Å². The molecule has 0 aliphatic rings. The van der Waals surface area contributed by atoms with Gasteiger partial charge in [-0.1, -0.05) is 0 Å². The summed E-state index contributed by atoms with van der Waals surface area (Å²) in [6, 6.07) is 7.11. The van der Waals surface area contributed by atoms with Crippen LogP contribution < -0.4 is 9.47 Å². The van der Waals surface area contributed by atoms with Crippen molar-refractivity contribution in [3.8, 4) is 17.6 Å². The number of hydrogen-bond acceptors (Lipinski definition) is 7. The zero-order chi connectivity index (χ0) is 17.7. The van der Waals surface area contributed by atoms with Crippen LogP contribution in [0.1, 0.15) is 16.1 Å². The van der Waals surface area contributed by atoms with E-state index in [1.807, 2.05) is 0 Å². The zero-order valence-electron chi connectivity index (χ0n) is 12.8. The van der Waals surface area contributed by atoms with Crippen LogP contribution in [0.5, 0.6) is 11.5 Å². The fourth-order valence-corrected chi connectivity index (χ4v) is 2.00. The van der Waals surface area contributed by atoms with E-state index in [0.29, 0.717) is 0 Å². The molecule has 0 unspecified atom stereocenters. The first-order chi connectivity index (χ1) is 11.5. The number of benzene rings is 1. The minimum Gasteiger partial charge on any atom is -0.493 e. The molecule has 0 saturated heterocycles. The average Bonchev–Trinajstić information content (AvgIpc) is 3.12. The number of carbonyl (C=O) groups excluding carboxylic acids is 1. The molecule has 24 heavy (non-hydrogen) atoms. The van der Waals surface area contributed by atoms with E-state index in [0.717, 1.165) is 12.1 Å². The third-order valence-corrected chi connectivity index (χ3v) is 3.14. The second-order valence-corrected chi connectivity index (χ2v) is 4.50. The summed E-state index contributed by atoms with van der Waals surface area (Å²) in [5.41, 5.74) is -0.595. The van der Waals surface area contributed by atoms with Gasteiger partial charge in [-0.3, -0.25) is 14.9 Å². The summed E-state index contributed by atoms with van der Waals surface area (Å²) in [6.07, 6.45) is 2.41. The minimum absolute atomic E-state index is 0.0362. The monoisotopic (exact) mass is 328 g/mol. The summed E-state index contributed by atoms with van der Waals surface area (Å²) in [6.45, 7) is 0. The third-order valence-electron chi connectivity index (χ3n) is 3.14. The number of furan rings is 1. The second kappa shape index (κ2) is 7.11. The van der Waals surface area contributed by atoms with E-state index < -0.39 is 10.7 Å². The summed E-state index contributed by atoms with van der Waals surface area (Å²) in [5.74, 6) is -0.313. The lowest BCUT2D eigenvalue weighted by Gasteiger charge is -2.09. The van der Waals surface area contributed by atoms with Crippen LogP contribution >= 0.6 is 0 Å². The standard InChI is InChI=1S/C16H12N2O6/c1-22-14-7-10(12(18(20)21)8-15(14)23-2)6-11(9-17)16(19)13-4-3-5-24-13/h3-8H,1-2H3/b11-6+. The van der Waals surface area contributed by atoms with Gasteiger partial charge in [0.05, 0.1) is 37.0 Å². The predicted octanol–water partition coefficient (Wildman–Crippen LogP) is 2.99. The van der Waals surface area contributed by atoms with Crippen LogP contribution in [0.3, 0.4) is 0 Å². The summed E-state index contributed by atoms with van der Waals surface area (Å²) in [7, 11) is 2.72. The topological polar surface area (TPSA) is 116 Å². The molecule has 0 fully saturated rings. The Balaban J connectivity index is 2.59. The number of nitriles is 1. The molecule has 1 aromatic heterocycles. The fourth-order valence-electron chi connectivity index (χ4n) is 2.00. The lowest BCUT2D eigenvalue weighted by Crippen LogP contribution is -2.02. The summed E-state index contributed by atoms with van der Waals surface area (Å²) < 4.78 is 15.1. The number of nitro benzene ring substituents is 1.